The van der Waals surface area contributed by atoms with Crippen LogP contribution in [0.25, 0.3) is 22.3 Å². The molecule has 2 heterocycles. The summed E-state index contributed by atoms with van der Waals surface area (Å²) < 4.78 is 53.6. The van der Waals surface area contributed by atoms with Gasteiger partial charge >= 0.3 is 6.18 Å². The highest BCUT2D eigenvalue weighted by Crippen LogP contribution is 2.41. The third-order valence-electron chi connectivity index (χ3n) is 6.01. The molecule has 1 fully saturated rings. The third kappa shape index (κ3) is 5.02. The number of benzene rings is 2. The number of aliphatic hydroxyl groups excluding tert-OH is 1. The van der Waals surface area contributed by atoms with Crippen LogP contribution in [0.1, 0.15) is 37.0 Å². The lowest BCUT2D eigenvalue weighted by Crippen LogP contribution is -2.40. The van der Waals surface area contributed by atoms with Crippen molar-refractivity contribution in [3.63, 3.8) is 0 Å². The van der Waals surface area contributed by atoms with E-state index in [0.29, 0.717) is 40.9 Å². The lowest BCUT2D eigenvalue weighted by atomic mass is 9.94. The summed E-state index contributed by atoms with van der Waals surface area (Å²) in [6.07, 6.45) is -0.527. The van der Waals surface area contributed by atoms with Crippen LogP contribution in [0.15, 0.2) is 54.9 Å². The van der Waals surface area contributed by atoms with Gasteiger partial charge < -0.3 is 15.7 Å². The number of nitrogens with zero attached hydrogens (tertiary/aromatic N) is 2. The predicted molar refractivity (Wildman–Crippen MR) is 120 cm³/mol. The molecule has 4 rings (SSSR count). The minimum Gasteiger partial charge on any atom is -0.389 e. The highest BCUT2D eigenvalue weighted by Gasteiger charge is 2.30. The van der Waals surface area contributed by atoms with E-state index < -0.39 is 23.7 Å². The summed E-state index contributed by atoms with van der Waals surface area (Å²) in [5, 5.41) is 9.99. The normalized spacial score (nSPS) is 16.2. The summed E-state index contributed by atoms with van der Waals surface area (Å²) in [5.41, 5.74) is 8.95. The lowest BCUT2D eigenvalue weighted by Gasteiger charge is -2.35. The first kappa shape index (κ1) is 23.2. The number of nitrogens with two attached hydrogens (primary N) is 1. The number of alkyl halides is 3. The Bertz CT molecular complexity index is 1120. The highest BCUT2D eigenvalue weighted by molar-refractivity contribution is 5.90. The highest BCUT2D eigenvalue weighted by atomic mass is 19.4. The molecular weight excluding hydrogens is 434 g/mol. The summed E-state index contributed by atoms with van der Waals surface area (Å²) >= 11 is 0. The zero-order valence-corrected chi connectivity index (χ0v) is 18.1. The SMILES string of the molecule is CC(O)c1cc(F)cc(-c2cncc(-c3ccc(C(F)(F)F)cc3)c2N2CCC(N)CC2)c1. The number of piperidine rings is 1. The first-order valence-corrected chi connectivity index (χ1v) is 10.8. The monoisotopic (exact) mass is 459 g/mol. The van der Waals surface area contributed by atoms with Gasteiger partial charge in [-0.3, -0.25) is 4.98 Å². The van der Waals surface area contributed by atoms with E-state index in [1.54, 1.807) is 25.4 Å². The molecule has 3 N–H and O–H groups in total. The summed E-state index contributed by atoms with van der Waals surface area (Å²) in [6.45, 7) is 2.87. The van der Waals surface area contributed by atoms with E-state index in [0.717, 1.165) is 30.7 Å². The number of aromatic nitrogens is 1. The Balaban J connectivity index is 1.88. The molecule has 0 spiro atoms. The minimum atomic E-state index is -4.43. The van der Waals surface area contributed by atoms with Crippen LogP contribution in [0.2, 0.25) is 0 Å². The molecule has 8 heteroatoms. The molecule has 4 nitrogen and oxygen atoms in total. The molecule has 3 aromatic rings. The van der Waals surface area contributed by atoms with Crippen molar-refractivity contribution in [2.45, 2.75) is 38.1 Å². The number of rotatable bonds is 4. The fourth-order valence-electron chi connectivity index (χ4n) is 4.19. The van der Waals surface area contributed by atoms with Crippen molar-refractivity contribution < 1.29 is 22.7 Å². The molecule has 1 saturated heterocycles. The number of aliphatic hydroxyl groups is 1. The molecule has 174 valence electrons. The number of pyridine rings is 1. The van der Waals surface area contributed by atoms with Crippen LogP contribution in [0.3, 0.4) is 0 Å². The van der Waals surface area contributed by atoms with Crippen LogP contribution >= 0.6 is 0 Å². The maximum atomic E-state index is 14.4. The van der Waals surface area contributed by atoms with Crippen LogP contribution < -0.4 is 10.6 Å². The summed E-state index contributed by atoms with van der Waals surface area (Å²) in [4.78, 5) is 6.45. The van der Waals surface area contributed by atoms with E-state index in [1.165, 1.54) is 24.3 Å². The van der Waals surface area contributed by atoms with Gasteiger partial charge in [-0.25, -0.2) is 4.39 Å². The number of hydrogen-bond donors (Lipinski definition) is 2. The standard InChI is InChI=1S/C25H25F4N3O/c1-15(33)17-10-18(12-20(26)11-17)23-14-31-13-22(24(23)32-8-6-21(30)7-9-32)16-2-4-19(5-3-16)25(27,28)29/h2-5,10-15,21,33H,6-9,30H2,1H3. The first-order chi connectivity index (χ1) is 15.6. The predicted octanol–water partition coefficient (Wildman–Crippen LogP) is 5.55. The van der Waals surface area contributed by atoms with Crippen molar-refractivity contribution in [3.05, 3.63) is 71.8 Å². The second-order valence-electron chi connectivity index (χ2n) is 8.43. The van der Waals surface area contributed by atoms with Gasteiger partial charge in [-0.15, -0.1) is 0 Å². The smallest absolute Gasteiger partial charge is 0.389 e. The van der Waals surface area contributed by atoms with Crippen molar-refractivity contribution >= 4 is 5.69 Å². The fourth-order valence-corrected chi connectivity index (χ4v) is 4.19. The Hall–Kier alpha value is -2.97. The molecular formula is C25H25F4N3O. The van der Waals surface area contributed by atoms with Gasteiger partial charge in [0.05, 0.1) is 17.4 Å². The molecule has 1 atom stereocenters. The van der Waals surface area contributed by atoms with Crippen LogP contribution in [0.4, 0.5) is 23.2 Å². The van der Waals surface area contributed by atoms with Gasteiger partial charge in [0.1, 0.15) is 5.82 Å². The van der Waals surface area contributed by atoms with Gasteiger partial charge in [0, 0.05) is 42.7 Å². The largest absolute Gasteiger partial charge is 0.416 e. The third-order valence-corrected chi connectivity index (χ3v) is 6.01. The van der Waals surface area contributed by atoms with Gasteiger partial charge in [-0.2, -0.15) is 13.2 Å². The molecule has 1 aliphatic heterocycles. The van der Waals surface area contributed by atoms with Gasteiger partial charge in [0.15, 0.2) is 0 Å². The van der Waals surface area contributed by atoms with Crippen LogP contribution in [0, 0.1) is 5.82 Å². The van der Waals surface area contributed by atoms with Gasteiger partial charge in [0.25, 0.3) is 0 Å². The maximum absolute atomic E-state index is 14.4. The Kier molecular flexibility index (Phi) is 6.41. The molecule has 1 unspecified atom stereocenters. The molecule has 1 aromatic heterocycles. The molecule has 0 amide bonds. The fraction of sp³-hybridized carbons (Fsp3) is 0.320. The molecule has 0 bridgehead atoms. The van der Waals surface area contributed by atoms with Gasteiger partial charge in [0.2, 0.25) is 0 Å². The summed E-state index contributed by atoms with van der Waals surface area (Å²) in [7, 11) is 0. The molecule has 0 radical (unpaired) electrons. The molecule has 0 saturated carbocycles. The van der Waals surface area contributed by atoms with Gasteiger partial charge in [-0.1, -0.05) is 12.1 Å². The van der Waals surface area contributed by atoms with Crippen molar-refractivity contribution in [1.29, 1.82) is 0 Å². The zero-order chi connectivity index (χ0) is 23.8. The topological polar surface area (TPSA) is 62.4 Å². The second kappa shape index (κ2) is 9.11. The molecule has 33 heavy (non-hydrogen) atoms. The Labute approximate surface area is 189 Å². The Morgan fingerprint density at radius 3 is 2.18 bits per heavy atom. The molecule has 2 aromatic carbocycles. The van der Waals surface area contributed by atoms with E-state index >= 15 is 0 Å². The van der Waals surface area contributed by atoms with Crippen LogP contribution in [-0.4, -0.2) is 29.2 Å². The molecule has 0 aliphatic carbocycles. The van der Waals surface area contributed by atoms with Crippen molar-refractivity contribution in [2.24, 2.45) is 5.73 Å². The van der Waals surface area contributed by atoms with E-state index in [-0.39, 0.29) is 6.04 Å². The van der Waals surface area contributed by atoms with Crippen LogP contribution in [-0.2, 0) is 6.18 Å². The number of halogens is 4. The lowest BCUT2D eigenvalue weighted by molar-refractivity contribution is -0.137. The van der Waals surface area contributed by atoms with Crippen molar-refractivity contribution in [2.75, 3.05) is 18.0 Å². The Morgan fingerprint density at radius 2 is 1.61 bits per heavy atom. The van der Waals surface area contributed by atoms with E-state index in [9.17, 15) is 22.7 Å². The molecule has 1 aliphatic rings. The van der Waals surface area contributed by atoms with Crippen molar-refractivity contribution in [1.82, 2.24) is 4.98 Å². The summed E-state index contributed by atoms with van der Waals surface area (Å²) in [6, 6.07) is 9.39. The van der Waals surface area contributed by atoms with E-state index in [4.69, 9.17) is 5.73 Å². The zero-order valence-electron chi connectivity index (χ0n) is 18.1. The summed E-state index contributed by atoms with van der Waals surface area (Å²) in [5.74, 6) is -0.491. The van der Waals surface area contributed by atoms with Crippen molar-refractivity contribution in [3.8, 4) is 22.3 Å². The average Bonchev–Trinajstić information content (AvgIpc) is 2.78. The van der Waals surface area contributed by atoms with E-state index in [2.05, 4.69) is 9.88 Å². The first-order valence-electron chi connectivity index (χ1n) is 10.8. The van der Waals surface area contributed by atoms with Gasteiger partial charge in [-0.05, 0) is 66.8 Å². The second-order valence-corrected chi connectivity index (χ2v) is 8.43. The average molecular weight is 459 g/mol. The number of hydrogen-bond acceptors (Lipinski definition) is 4. The Morgan fingerprint density at radius 1 is 1.00 bits per heavy atom. The minimum absolute atomic E-state index is 0.0806. The number of anilines is 1. The van der Waals surface area contributed by atoms with Crippen LogP contribution in [0.5, 0.6) is 0 Å². The van der Waals surface area contributed by atoms with E-state index in [1.807, 2.05) is 0 Å². The maximum Gasteiger partial charge on any atom is 0.416 e. The quantitative estimate of drug-likeness (QED) is 0.502.